The van der Waals surface area contributed by atoms with E-state index in [1.54, 1.807) is 19.1 Å². The Morgan fingerprint density at radius 3 is 2.42 bits per heavy atom. The lowest BCUT2D eigenvalue weighted by atomic mass is 9.82. The Morgan fingerprint density at radius 1 is 1.27 bits per heavy atom. The molecule has 2 atom stereocenters. The molecule has 0 aromatic carbocycles. The Morgan fingerprint density at radius 2 is 1.88 bits per heavy atom. The number of hydrogen-bond donors (Lipinski definition) is 2. The zero-order valence-corrected chi connectivity index (χ0v) is 15.2. The molecule has 26 heavy (non-hydrogen) atoms. The molecule has 8 nitrogen and oxygen atoms in total. The van der Waals surface area contributed by atoms with Crippen LogP contribution in [-0.4, -0.2) is 30.4 Å². The molecule has 1 aliphatic rings. The molecule has 2 amide bonds. The number of nitrogens with one attached hydrogen (secondary N) is 1. The first-order valence-corrected chi connectivity index (χ1v) is 8.86. The van der Waals surface area contributed by atoms with Crippen LogP contribution in [0.2, 0.25) is 0 Å². The van der Waals surface area contributed by atoms with Gasteiger partial charge in [0.05, 0.1) is 18.1 Å². The molecule has 0 radical (unpaired) electrons. The van der Waals surface area contributed by atoms with Gasteiger partial charge in [0.15, 0.2) is 0 Å². The van der Waals surface area contributed by atoms with E-state index in [-0.39, 0.29) is 34.9 Å². The fraction of sp³-hybridized carbons (Fsp3) is 0.412. The Bertz CT molecular complexity index is 782. The SMILES string of the molecule is CCOC(=O)c1sc(NC(=O)[C@H]2CC=CC[C@H]2C(=O)[O-])c(C(N)=O)c1C. The number of amides is 2. The lowest BCUT2D eigenvalue weighted by molar-refractivity contribution is -0.313. The highest BCUT2D eigenvalue weighted by atomic mass is 32.1. The molecule has 1 heterocycles. The molecule has 0 unspecified atom stereocenters. The summed E-state index contributed by atoms with van der Waals surface area (Å²) in [6.45, 7) is 3.34. The molecule has 140 valence electrons. The average molecular weight is 379 g/mol. The molecular weight excluding hydrogens is 360 g/mol. The Kier molecular flexibility index (Phi) is 6.14. The number of rotatable bonds is 6. The zero-order valence-electron chi connectivity index (χ0n) is 14.4. The first kappa shape index (κ1) is 19.6. The van der Waals surface area contributed by atoms with Crippen molar-refractivity contribution in [3.8, 4) is 0 Å². The number of aliphatic carboxylic acids is 1. The van der Waals surface area contributed by atoms with E-state index in [2.05, 4.69) is 5.32 Å². The van der Waals surface area contributed by atoms with Gasteiger partial charge in [-0.2, -0.15) is 0 Å². The number of allylic oxidation sites excluding steroid dienone is 2. The lowest BCUT2D eigenvalue weighted by Gasteiger charge is -2.28. The Hall–Kier alpha value is -2.68. The molecule has 2 rings (SSSR count). The van der Waals surface area contributed by atoms with Crippen LogP contribution in [0.5, 0.6) is 0 Å². The predicted octanol–water partition coefficient (Wildman–Crippen LogP) is 0.603. The first-order chi connectivity index (χ1) is 12.3. The van der Waals surface area contributed by atoms with Gasteiger partial charge in [0, 0.05) is 11.9 Å². The van der Waals surface area contributed by atoms with Crippen LogP contribution in [-0.2, 0) is 14.3 Å². The third-order valence-electron chi connectivity index (χ3n) is 4.16. The van der Waals surface area contributed by atoms with Gasteiger partial charge in [-0.25, -0.2) is 4.79 Å². The lowest BCUT2D eigenvalue weighted by Crippen LogP contribution is -2.41. The number of hydrogen-bond acceptors (Lipinski definition) is 7. The Labute approximate surface area is 154 Å². The number of thiophene rings is 1. The van der Waals surface area contributed by atoms with Gasteiger partial charge in [-0.15, -0.1) is 11.3 Å². The summed E-state index contributed by atoms with van der Waals surface area (Å²) in [6, 6.07) is 0. The molecule has 0 bridgehead atoms. The van der Waals surface area contributed by atoms with Crippen molar-refractivity contribution in [1.82, 2.24) is 0 Å². The quantitative estimate of drug-likeness (QED) is 0.548. The van der Waals surface area contributed by atoms with E-state index in [0.717, 1.165) is 11.3 Å². The number of carboxylic acids is 1. The van der Waals surface area contributed by atoms with Crippen molar-refractivity contribution < 1.29 is 29.0 Å². The molecular formula is C17H19N2O6S-. The van der Waals surface area contributed by atoms with Crippen LogP contribution in [0, 0.1) is 18.8 Å². The Balaban J connectivity index is 2.33. The molecule has 0 saturated carbocycles. The first-order valence-electron chi connectivity index (χ1n) is 8.04. The van der Waals surface area contributed by atoms with Crippen molar-refractivity contribution in [3.63, 3.8) is 0 Å². The average Bonchev–Trinajstić information content (AvgIpc) is 2.91. The number of esters is 1. The van der Waals surface area contributed by atoms with Gasteiger partial charge in [-0.05, 0) is 32.3 Å². The normalized spacial score (nSPS) is 19.0. The summed E-state index contributed by atoms with van der Waals surface area (Å²) in [7, 11) is 0. The second-order valence-corrected chi connectivity index (χ2v) is 6.83. The topological polar surface area (TPSA) is 139 Å². The predicted molar refractivity (Wildman–Crippen MR) is 92.5 cm³/mol. The fourth-order valence-corrected chi connectivity index (χ4v) is 3.97. The molecule has 3 N–H and O–H groups in total. The van der Waals surface area contributed by atoms with Gasteiger partial charge in [0.2, 0.25) is 5.91 Å². The third kappa shape index (κ3) is 3.93. The standard InChI is InChI=1S/C17H20N2O6S/c1-3-25-17(24)12-8(2)11(13(18)20)15(26-12)19-14(21)9-6-4-5-7-10(9)16(22)23/h4-5,9-10H,3,6-7H2,1-2H3,(H2,18,20)(H,19,21)(H,22,23)/p-1/t9-,10+/m0/s1. The van der Waals surface area contributed by atoms with Crippen LogP contribution in [0.4, 0.5) is 5.00 Å². The molecule has 0 aliphatic heterocycles. The minimum Gasteiger partial charge on any atom is -0.550 e. The second kappa shape index (κ2) is 8.13. The van der Waals surface area contributed by atoms with Crippen molar-refractivity contribution in [2.45, 2.75) is 26.7 Å². The molecule has 1 aromatic heterocycles. The molecule has 1 aromatic rings. The monoisotopic (exact) mass is 379 g/mol. The van der Waals surface area contributed by atoms with Gasteiger partial charge in [-0.3, -0.25) is 9.59 Å². The minimum absolute atomic E-state index is 0.0164. The third-order valence-corrected chi connectivity index (χ3v) is 5.35. The molecule has 0 saturated heterocycles. The van der Waals surface area contributed by atoms with Crippen molar-refractivity contribution >= 4 is 40.1 Å². The maximum atomic E-state index is 12.6. The van der Waals surface area contributed by atoms with Crippen LogP contribution < -0.4 is 16.2 Å². The smallest absolute Gasteiger partial charge is 0.348 e. The van der Waals surface area contributed by atoms with E-state index >= 15 is 0 Å². The summed E-state index contributed by atoms with van der Waals surface area (Å²) in [4.78, 5) is 47.8. The van der Waals surface area contributed by atoms with E-state index in [9.17, 15) is 24.3 Å². The molecule has 9 heteroatoms. The van der Waals surface area contributed by atoms with Crippen LogP contribution in [0.3, 0.4) is 0 Å². The summed E-state index contributed by atoms with van der Waals surface area (Å²) in [6.07, 6.45) is 3.85. The van der Waals surface area contributed by atoms with Crippen LogP contribution >= 0.6 is 11.3 Å². The molecule has 0 fully saturated rings. The number of primary amides is 1. The number of anilines is 1. The number of carbonyl (C=O) groups is 4. The van der Waals surface area contributed by atoms with Crippen molar-refractivity contribution in [3.05, 3.63) is 28.2 Å². The summed E-state index contributed by atoms with van der Waals surface area (Å²) >= 11 is 0.876. The minimum atomic E-state index is -1.31. The van der Waals surface area contributed by atoms with Crippen LogP contribution in [0.25, 0.3) is 0 Å². The zero-order chi connectivity index (χ0) is 19.4. The van der Waals surface area contributed by atoms with Crippen molar-refractivity contribution in [1.29, 1.82) is 0 Å². The number of ether oxygens (including phenoxy) is 1. The maximum absolute atomic E-state index is 12.6. The molecule has 1 aliphatic carbocycles. The van der Waals surface area contributed by atoms with Crippen molar-refractivity contribution in [2.75, 3.05) is 11.9 Å². The number of nitrogens with two attached hydrogens (primary N) is 1. The van der Waals surface area contributed by atoms with E-state index in [0.29, 0.717) is 5.56 Å². The van der Waals surface area contributed by atoms with E-state index in [1.807, 2.05) is 0 Å². The highest BCUT2D eigenvalue weighted by Crippen LogP contribution is 2.35. The summed E-state index contributed by atoms with van der Waals surface area (Å²) < 4.78 is 4.94. The largest absolute Gasteiger partial charge is 0.550 e. The number of carbonyl (C=O) groups excluding carboxylic acids is 4. The van der Waals surface area contributed by atoms with Gasteiger partial charge in [0.25, 0.3) is 5.91 Å². The van der Waals surface area contributed by atoms with Crippen molar-refractivity contribution in [2.24, 2.45) is 17.6 Å². The summed E-state index contributed by atoms with van der Waals surface area (Å²) in [5.74, 6) is -5.08. The molecule has 0 spiro atoms. The summed E-state index contributed by atoms with van der Waals surface area (Å²) in [5.41, 5.74) is 5.71. The fourth-order valence-electron chi connectivity index (χ4n) is 2.86. The van der Waals surface area contributed by atoms with E-state index < -0.39 is 35.6 Å². The second-order valence-electron chi connectivity index (χ2n) is 5.81. The van der Waals surface area contributed by atoms with Gasteiger partial charge < -0.3 is 25.7 Å². The van der Waals surface area contributed by atoms with Gasteiger partial charge in [-0.1, -0.05) is 12.2 Å². The van der Waals surface area contributed by atoms with Crippen LogP contribution in [0.1, 0.15) is 45.4 Å². The highest BCUT2D eigenvalue weighted by Gasteiger charge is 2.32. The van der Waals surface area contributed by atoms with E-state index in [1.165, 1.54) is 6.92 Å². The maximum Gasteiger partial charge on any atom is 0.348 e. The van der Waals surface area contributed by atoms with Gasteiger partial charge in [0.1, 0.15) is 9.88 Å². The van der Waals surface area contributed by atoms with Gasteiger partial charge >= 0.3 is 5.97 Å². The van der Waals surface area contributed by atoms with E-state index in [4.69, 9.17) is 10.5 Å². The van der Waals surface area contributed by atoms with Crippen LogP contribution in [0.15, 0.2) is 12.2 Å². The summed E-state index contributed by atoms with van der Waals surface area (Å²) in [5, 5.41) is 13.9. The number of carboxylic acid groups (broad SMARTS) is 1. The highest BCUT2D eigenvalue weighted by molar-refractivity contribution is 7.18.